The van der Waals surface area contributed by atoms with Crippen LogP contribution in [0.2, 0.25) is 0 Å². The van der Waals surface area contributed by atoms with Crippen molar-refractivity contribution < 1.29 is 9.53 Å². The molecule has 1 atom stereocenters. The van der Waals surface area contributed by atoms with Crippen molar-refractivity contribution in [1.82, 2.24) is 0 Å². The molecule has 1 aliphatic carbocycles. The quantitative estimate of drug-likeness (QED) is 0.776. The number of benzene rings is 1. The number of hydrogen-bond acceptors (Lipinski definition) is 2. The Morgan fingerprint density at radius 1 is 1.31 bits per heavy atom. The highest BCUT2D eigenvalue weighted by Gasteiger charge is 2.32. The largest absolute Gasteiger partial charge is 0.365 e. The highest BCUT2D eigenvalue weighted by Crippen LogP contribution is 2.36. The second-order valence-electron chi connectivity index (χ2n) is 4.81. The molecule has 0 radical (unpaired) electrons. The maximum Gasteiger partial charge on any atom is 0.166 e. The lowest BCUT2D eigenvalue weighted by Crippen LogP contribution is -2.23. The van der Waals surface area contributed by atoms with Crippen molar-refractivity contribution in [3.63, 3.8) is 0 Å². The third-order valence-corrected chi connectivity index (χ3v) is 3.47. The van der Waals surface area contributed by atoms with Gasteiger partial charge in [0, 0.05) is 6.42 Å². The average molecular weight is 216 g/mol. The molecule has 3 rings (SSSR count). The molecule has 0 amide bonds. The number of carbonyl (C=O) groups excluding carboxylic acids is 1. The van der Waals surface area contributed by atoms with Gasteiger partial charge in [0.1, 0.15) is 6.10 Å². The molecule has 1 fully saturated rings. The van der Waals surface area contributed by atoms with Crippen molar-refractivity contribution in [2.75, 3.05) is 6.61 Å². The summed E-state index contributed by atoms with van der Waals surface area (Å²) < 4.78 is 5.65. The normalized spacial score (nSPS) is 23.9. The van der Waals surface area contributed by atoms with Gasteiger partial charge in [-0.15, -0.1) is 0 Å². The highest BCUT2D eigenvalue weighted by molar-refractivity contribution is 5.85. The van der Waals surface area contributed by atoms with E-state index in [0.717, 1.165) is 12.0 Å². The Kier molecular flexibility index (Phi) is 2.52. The first-order valence-corrected chi connectivity index (χ1v) is 6.07. The van der Waals surface area contributed by atoms with Gasteiger partial charge in [-0.05, 0) is 36.3 Å². The van der Waals surface area contributed by atoms with E-state index in [0.29, 0.717) is 18.9 Å². The summed E-state index contributed by atoms with van der Waals surface area (Å²) in [5, 5.41) is 0. The first-order chi connectivity index (χ1) is 7.84. The summed E-state index contributed by atoms with van der Waals surface area (Å²) in [5.74, 6) is 0.917. The molecule has 2 nitrogen and oxygen atoms in total. The maximum absolute atomic E-state index is 12.1. The summed E-state index contributed by atoms with van der Waals surface area (Å²) in [6.07, 6.45) is 3.80. The van der Waals surface area contributed by atoms with Crippen LogP contribution >= 0.6 is 0 Å². The third-order valence-electron chi connectivity index (χ3n) is 3.47. The topological polar surface area (TPSA) is 26.3 Å². The second kappa shape index (κ2) is 4.02. The Labute approximate surface area is 95.6 Å². The molecule has 0 aromatic heterocycles. The molecule has 16 heavy (non-hydrogen) atoms. The average Bonchev–Trinajstić information content (AvgIpc) is 3.12. The van der Waals surface area contributed by atoms with Gasteiger partial charge in [0.15, 0.2) is 5.78 Å². The zero-order valence-electron chi connectivity index (χ0n) is 9.32. The third kappa shape index (κ3) is 1.90. The molecule has 0 saturated heterocycles. The van der Waals surface area contributed by atoms with Crippen LogP contribution in [-0.2, 0) is 16.0 Å². The van der Waals surface area contributed by atoms with Gasteiger partial charge in [0.05, 0.1) is 6.61 Å². The van der Waals surface area contributed by atoms with E-state index in [-0.39, 0.29) is 11.9 Å². The van der Waals surface area contributed by atoms with Crippen LogP contribution in [0.3, 0.4) is 0 Å². The number of ether oxygens (including phenoxy) is 1. The Balaban J connectivity index is 1.82. The fourth-order valence-electron chi connectivity index (χ4n) is 2.37. The van der Waals surface area contributed by atoms with Gasteiger partial charge in [-0.2, -0.15) is 0 Å². The molecule has 1 aliphatic heterocycles. The second-order valence-corrected chi connectivity index (χ2v) is 4.81. The Hall–Kier alpha value is -1.15. The van der Waals surface area contributed by atoms with Crippen LogP contribution in [0.25, 0.3) is 0 Å². The van der Waals surface area contributed by atoms with Crippen LogP contribution in [0.5, 0.6) is 0 Å². The van der Waals surface area contributed by atoms with Crippen molar-refractivity contribution in [2.24, 2.45) is 5.92 Å². The minimum atomic E-state index is -0.287. The van der Waals surface area contributed by atoms with Crippen LogP contribution < -0.4 is 0 Å². The Morgan fingerprint density at radius 2 is 2.12 bits per heavy atom. The number of ketones is 1. The van der Waals surface area contributed by atoms with E-state index in [9.17, 15) is 4.79 Å². The van der Waals surface area contributed by atoms with E-state index in [1.807, 2.05) is 18.2 Å². The standard InChI is InChI=1S/C14H16O2/c15-13(9-10-5-6-10)14-12-4-2-1-3-11(12)7-8-16-14/h1-4,10,14H,5-9H2. The Morgan fingerprint density at radius 3 is 2.94 bits per heavy atom. The summed E-state index contributed by atoms with van der Waals surface area (Å²) in [6.45, 7) is 0.679. The lowest BCUT2D eigenvalue weighted by atomic mass is 9.93. The smallest absolute Gasteiger partial charge is 0.166 e. The number of hydrogen-bond donors (Lipinski definition) is 0. The van der Waals surface area contributed by atoms with Crippen molar-refractivity contribution in [3.05, 3.63) is 35.4 Å². The van der Waals surface area contributed by atoms with E-state index < -0.39 is 0 Å². The molecule has 1 unspecified atom stereocenters. The maximum atomic E-state index is 12.1. The van der Waals surface area contributed by atoms with Gasteiger partial charge in [-0.1, -0.05) is 24.3 Å². The predicted octanol–water partition coefficient (Wildman–Crippen LogP) is 2.67. The molecule has 2 heteroatoms. The van der Waals surface area contributed by atoms with E-state index in [1.165, 1.54) is 18.4 Å². The van der Waals surface area contributed by atoms with Crippen LogP contribution in [-0.4, -0.2) is 12.4 Å². The van der Waals surface area contributed by atoms with Gasteiger partial charge in [0.2, 0.25) is 0 Å². The zero-order valence-corrected chi connectivity index (χ0v) is 9.32. The number of Topliss-reactive ketones (excluding diaryl/α,β-unsaturated/α-hetero) is 1. The van der Waals surface area contributed by atoms with Crippen molar-refractivity contribution in [1.29, 1.82) is 0 Å². The summed E-state index contributed by atoms with van der Waals surface area (Å²) in [6, 6.07) is 8.16. The Bertz CT molecular complexity index is 407. The molecular weight excluding hydrogens is 200 g/mol. The van der Waals surface area contributed by atoms with E-state index >= 15 is 0 Å². The molecule has 0 N–H and O–H groups in total. The predicted molar refractivity (Wildman–Crippen MR) is 61.2 cm³/mol. The van der Waals surface area contributed by atoms with Crippen LogP contribution in [0.4, 0.5) is 0 Å². The molecular formula is C14H16O2. The lowest BCUT2D eigenvalue weighted by Gasteiger charge is -2.24. The molecule has 2 aliphatic rings. The summed E-state index contributed by atoms with van der Waals surface area (Å²) in [5.41, 5.74) is 2.38. The molecule has 1 saturated carbocycles. The molecule has 0 bridgehead atoms. The molecule has 1 heterocycles. The molecule has 1 aromatic rings. The van der Waals surface area contributed by atoms with E-state index in [2.05, 4.69) is 6.07 Å². The monoisotopic (exact) mass is 216 g/mol. The van der Waals surface area contributed by atoms with Gasteiger partial charge in [-0.25, -0.2) is 0 Å². The molecule has 1 aromatic carbocycles. The number of carbonyl (C=O) groups is 1. The van der Waals surface area contributed by atoms with E-state index in [4.69, 9.17) is 4.74 Å². The fourth-order valence-corrected chi connectivity index (χ4v) is 2.37. The van der Waals surface area contributed by atoms with Gasteiger partial charge < -0.3 is 4.74 Å². The summed E-state index contributed by atoms with van der Waals surface area (Å²) >= 11 is 0. The van der Waals surface area contributed by atoms with Crippen molar-refractivity contribution in [2.45, 2.75) is 31.8 Å². The molecule has 0 spiro atoms. The number of rotatable bonds is 3. The summed E-state index contributed by atoms with van der Waals surface area (Å²) in [7, 11) is 0. The first kappa shape index (κ1) is 10.0. The van der Waals surface area contributed by atoms with Gasteiger partial charge in [-0.3, -0.25) is 4.79 Å². The first-order valence-electron chi connectivity index (χ1n) is 6.07. The minimum Gasteiger partial charge on any atom is -0.365 e. The van der Waals surface area contributed by atoms with Crippen LogP contribution in [0, 0.1) is 5.92 Å². The van der Waals surface area contributed by atoms with Crippen LogP contribution in [0.15, 0.2) is 24.3 Å². The van der Waals surface area contributed by atoms with Gasteiger partial charge >= 0.3 is 0 Å². The lowest BCUT2D eigenvalue weighted by molar-refractivity contribution is -0.132. The SMILES string of the molecule is O=C(CC1CC1)C1OCCc2ccccc21. The minimum absolute atomic E-state index is 0.273. The van der Waals surface area contributed by atoms with Crippen molar-refractivity contribution in [3.8, 4) is 0 Å². The summed E-state index contributed by atoms with van der Waals surface area (Å²) in [4.78, 5) is 12.1. The van der Waals surface area contributed by atoms with Crippen molar-refractivity contribution >= 4 is 5.78 Å². The zero-order chi connectivity index (χ0) is 11.0. The van der Waals surface area contributed by atoms with Gasteiger partial charge in [0.25, 0.3) is 0 Å². The van der Waals surface area contributed by atoms with Crippen LogP contribution in [0.1, 0.15) is 36.5 Å². The fraction of sp³-hybridized carbons (Fsp3) is 0.500. The highest BCUT2D eigenvalue weighted by atomic mass is 16.5. The molecule has 84 valence electrons. The van der Waals surface area contributed by atoms with E-state index in [1.54, 1.807) is 0 Å². The number of fused-ring (bicyclic) bond motifs is 1.